The highest BCUT2D eigenvalue weighted by molar-refractivity contribution is 6.03. The van der Waals surface area contributed by atoms with E-state index in [1.54, 1.807) is 23.2 Å². The van der Waals surface area contributed by atoms with Gasteiger partial charge in [-0.05, 0) is 76.4 Å². The van der Waals surface area contributed by atoms with Crippen molar-refractivity contribution in [2.24, 2.45) is 5.41 Å². The molecule has 0 unspecified atom stereocenters. The van der Waals surface area contributed by atoms with Crippen molar-refractivity contribution >= 4 is 18.0 Å². The average Bonchev–Trinajstić information content (AvgIpc) is 3.24. The number of hydrogen-bond acceptors (Lipinski definition) is 5. The third-order valence-electron chi connectivity index (χ3n) is 6.68. The monoisotopic (exact) mass is 470 g/mol. The van der Waals surface area contributed by atoms with Crippen molar-refractivity contribution in [2.45, 2.75) is 46.1 Å². The lowest BCUT2D eigenvalue weighted by Crippen LogP contribution is -2.54. The van der Waals surface area contributed by atoms with Crippen LogP contribution in [-0.4, -0.2) is 50.2 Å². The maximum absolute atomic E-state index is 14.0. The highest BCUT2D eigenvalue weighted by Crippen LogP contribution is 2.46. The van der Waals surface area contributed by atoms with Crippen LogP contribution in [0.3, 0.4) is 0 Å². The molecule has 2 aromatic heterocycles. The second-order valence-electron chi connectivity index (χ2n) is 10.4. The Kier molecular flexibility index (Phi) is 5.58. The molecule has 2 aliphatic rings. The largest absolute Gasteiger partial charge is 0.444 e. The van der Waals surface area contributed by atoms with Crippen LogP contribution < -0.4 is 0 Å². The second-order valence-corrected chi connectivity index (χ2v) is 10.4. The van der Waals surface area contributed by atoms with Gasteiger partial charge in [0.2, 0.25) is 0 Å². The van der Waals surface area contributed by atoms with Crippen molar-refractivity contribution in [3.05, 3.63) is 82.9 Å². The average molecular weight is 471 g/mol. The fourth-order valence-corrected chi connectivity index (χ4v) is 4.97. The van der Waals surface area contributed by atoms with E-state index >= 15 is 0 Å². The number of aromatic nitrogens is 3. The van der Waals surface area contributed by atoms with Gasteiger partial charge in [0.1, 0.15) is 11.3 Å². The molecule has 1 fully saturated rings. The molecule has 1 saturated heterocycles. The van der Waals surface area contributed by atoms with Crippen LogP contribution in [-0.2, 0) is 11.2 Å². The quantitative estimate of drug-likeness (QED) is 0.502. The first-order valence-corrected chi connectivity index (χ1v) is 12.0. The van der Waals surface area contributed by atoms with E-state index in [1.807, 2.05) is 49.8 Å². The number of carbonyl (C=O) groups excluding carboxylic acids is 2. The highest BCUT2D eigenvalue weighted by Gasteiger charge is 2.50. The van der Waals surface area contributed by atoms with Crippen LogP contribution in [0.25, 0.3) is 11.8 Å². The number of rotatable bonds is 3. The minimum absolute atomic E-state index is 0.0775. The number of fused-ring (bicyclic) bond motifs is 2. The van der Waals surface area contributed by atoms with Gasteiger partial charge in [-0.1, -0.05) is 29.3 Å². The van der Waals surface area contributed by atoms with Crippen LogP contribution in [0.15, 0.2) is 60.4 Å². The summed E-state index contributed by atoms with van der Waals surface area (Å²) >= 11 is 0. The predicted octanol–water partition coefficient (Wildman–Crippen LogP) is 5.03. The summed E-state index contributed by atoms with van der Waals surface area (Å²) < 4.78 is 7.58. The van der Waals surface area contributed by atoms with Gasteiger partial charge in [-0.15, -0.1) is 0 Å². The van der Waals surface area contributed by atoms with Crippen molar-refractivity contribution in [2.75, 3.05) is 13.1 Å². The van der Waals surface area contributed by atoms with Gasteiger partial charge in [0, 0.05) is 19.3 Å². The molecular weight excluding hydrogens is 440 g/mol. The van der Waals surface area contributed by atoms with Crippen LogP contribution in [0.1, 0.15) is 54.5 Å². The number of piperidine rings is 1. The van der Waals surface area contributed by atoms with Gasteiger partial charge in [0.05, 0.1) is 23.0 Å². The Labute approximate surface area is 205 Å². The predicted molar refractivity (Wildman–Crippen MR) is 133 cm³/mol. The summed E-state index contributed by atoms with van der Waals surface area (Å²) in [5.41, 5.74) is 4.01. The molecule has 7 nitrogen and oxygen atoms in total. The molecule has 1 amide bonds. The fraction of sp³-hybridized carbons (Fsp3) is 0.357. The van der Waals surface area contributed by atoms with Gasteiger partial charge in [0.15, 0.2) is 5.78 Å². The Balaban J connectivity index is 1.57. The number of ether oxygens (including phenoxy) is 1. The molecule has 5 rings (SSSR count). The first-order chi connectivity index (χ1) is 16.7. The molecule has 0 bridgehead atoms. The second kappa shape index (κ2) is 8.48. The van der Waals surface area contributed by atoms with Crippen molar-refractivity contribution in [3.8, 4) is 5.69 Å². The number of aryl methyl sites for hydroxylation is 1. The summed E-state index contributed by atoms with van der Waals surface area (Å²) in [4.78, 5) is 33.0. The van der Waals surface area contributed by atoms with E-state index in [-0.39, 0.29) is 12.3 Å². The summed E-state index contributed by atoms with van der Waals surface area (Å²) in [5.74, 6) is -0.0775. The van der Waals surface area contributed by atoms with E-state index in [2.05, 4.69) is 35.2 Å². The van der Waals surface area contributed by atoms with Crippen LogP contribution in [0, 0.1) is 12.3 Å². The van der Waals surface area contributed by atoms with Gasteiger partial charge in [-0.25, -0.2) is 9.48 Å². The van der Waals surface area contributed by atoms with Crippen molar-refractivity contribution in [3.63, 3.8) is 0 Å². The van der Waals surface area contributed by atoms with E-state index in [0.717, 1.165) is 22.5 Å². The number of amides is 1. The number of likely N-dealkylation sites (tertiary alicyclic amines) is 1. The van der Waals surface area contributed by atoms with Crippen LogP contribution in [0.5, 0.6) is 0 Å². The highest BCUT2D eigenvalue weighted by atomic mass is 16.6. The Hall–Kier alpha value is -3.74. The molecule has 0 radical (unpaired) electrons. The Morgan fingerprint density at radius 3 is 2.54 bits per heavy atom. The molecule has 0 saturated carbocycles. The number of carbonyl (C=O) groups is 2. The molecule has 7 heteroatoms. The smallest absolute Gasteiger partial charge is 0.410 e. The minimum Gasteiger partial charge on any atom is -0.444 e. The molecule has 1 aromatic carbocycles. The first-order valence-electron chi connectivity index (χ1n) is 12.0. The topological polar surface area (TPSA) is 77.3 Å². The van der Waals surface area contributed by atoms with Gasteiger partial charge < -0.3 is 9.64 Å². The number of ketones is 1. The van der Waals surface area contributed by atoms with Gasteiger partial charge in [-0.2, -0.15) is 5.10 Å². The standard InChI is InChI=1S/C28H30N4O3/c1-19-8-10-22(11-9-19)32-24-15-21-12-14-31(26(34)35-27(2,3)4)18-28(21,16-20(24)17-30-32)25(33)23-7-5-6-13-29-23/h5-11,13,15,17H,12,14,16,18H2,1-4H3/t28-/m0/s1. The SMILES string of the molecule is Cc1ccc(-n2ncc3c2C=C2CCN(C(=O)OC(C)(C)C)C[C@@]2(C(=O)c2ccccn2)C3)cc1. The third kappa shape index (κ3) is 4.27. The Bertz CT molecular complexity index is 1300. The van der Waals surface area contributed by atoms with Gasteiger partial charge in [0.25, 0.3) is 0 Å². The molecule has 1 aliphatic heterocycles. The van der Waals surface area contributed by atoms with E-state index in [9.17, 15) is 9.59 Å². The fourth-order valence-electron chi connectivity index (χ4n) is 4.97. The van der Waals surface area contributed by atoms with E-state index in [0.29, 0.717) is 25.1 Å². The zero-order valence-corrected chi connectivity index (χ0v) is 20.6. The van der Waals surface area contributed by atoms with E-state index in [1.165, 1.54) is 5.56 Å². The molecule has 1 aliphatic carbocycles. The van der Waals surface area contributed by atoms with E-state index < -0.39 is 17.1 Å². The Morgan fingerprint density at radius 1 is 1.09 bits per heavy atom. The molecule has 3 heterocycles. The first kappa shape index (κ1) is 23.0. The third-order valence-corrected chi connectivity index (χ3v) is 6.68. The lowest BCUT2D eigenvalue weighted by Gasteiger charge is -2.45. The summed E-state index contributed by atoms with van der Waals surface area (Å²) in [6.07, 6.45) is 6.20. The summed E-state index contributed by atoms with van der Waals surface area (Å²) in [6, 6.07) is 13.6. The minimum atomic E-state index is -0.905. The Morgan fingerprint density at radius 2 is 1.86 bits per heavy atom. The van der Waals surface area contributed by atoms with Gasteiger partial charge >= 0.3 is 6.09 Å². The lowest BCUT2D eigenvalue weighted by molar-refractivity contribution is 0.0138. The number of benzene rings is 1. The van der Waals surface area contributed by atoms with Crippen molar-refractivity contribution in [1.82, 2.24) is 19.7 Å². The lowest BCUT2D eigenvalue weighted by atomic mass is 9.65. The molecule has 0 spiro atoms. The zero-order valence-electron chi connectivity index (χ0n) is 20.6. The molecule has 180 valence electrons. The summed E-state index contributed by atoms with van der Waals surface area (Å²) in [7, 11) is 0. The summed E-state index contributed by atoms with van der Waals surface area (Å²) in [5, 5.41) is 4.66. The van der Waals surface area contributed by atoms with Gasteiger partial charge in [-0.3, -0.25) is 9.78 Å². The maximum Gasteiger partial charge on any atom is 0.410 e. The molecular formula is C28H30N4O3. The number of Topliss-reactive ketones (excluding diaryl/α,β-unsaturated/α-hetero) is 1. The number of nitrogens with zero attached hydrogens (tertiary/aromatic N) is 4. The molecule has 0 N–H and O–H groups in total. The number of pyridine rings is 1. The van der Waals surface area contributed by atoms with Crippen LogP contribution in [0.2, 0.25) is 0 Å². The molecule has 1 atom stereocenters. The normalized spacial score (nSPS) is 19.4. The zero-order chi connectivity index (χ0) is 24.8. The van der Waals surface area contributed by atoms with Crippen LogP contribution >= 0.6 is 0 Å². The van der Waals surface area contributed by atoms with E-state index in [4.69, 9.17) is 4.74 Å². The van der Waals surface area contributed by atoms with Crippen molar-refractivity contribution < 1.29 is 14.3 Å². The maximum atomic E-state index is 14.0. The summed E-state index contributed by atoms with van der Waals surface area (Å²) in [6.45, 7) is 8.34. The van der Waals surface area contributed by atoms with Crippen LogP contribution in [0.4, 0.5) is 4.79 Å². The van der Waals surface area contributed by atoms with Crippen molar-refractivity contribution in [1.29, 1.82) is 0 Å². The molecule has 3 aromatic rings. The number of hydrogen-bond donors (Lipinski definition) is 0. The molecule has 35 heavy (non-hydrogen) atoms.